The molecule has 1 aromatic heterocycles. The molecule has 0 saturated carbocycles. The average Bonchev–Trinajstić information content (AvgIpc) is 2.92. The molecule has 1 atom stereocenters. The van der Waals surface area contributed by atoms with Crippen LogP contribution in [0.1, 0.15) is 58.4 Å². The second-order valence-electron chi connectivity index (χ2n) is 7.50. The molecule has 0 bridgehead atoms. The van der Waals surface area contributed by atoms with Gasteiger partial charge in [0.25, 0.3) is 11.5 Å². The maximum atomic E-state index is 12.9. The van der Waals surface area contributed by atoms with E-state index in [1.165, 1.54) is 0 Å². The molecule has 160 valence electrons. The smallest absolute Gasteiger partial charge is 0.326 e. The van der Waals surface area contributed by atoms with Crippen LogP contribution in [-0.4, -0.2) is 44.9 Å². The van der Waals surface area contributed by atoms with Crippen molar-refractivity contribution in [2.75, 3.05) is 6.54 Å². The van der Waals surface area contributed by atoms with E-state index in [1.54, 1.807) is 31.2 Å². The van der Waals surface area contributed by atoms with Gasteiger partial charge in [0, 0.05) is 0 Å². The third-order valence-electron chi connectivity index (χ3n) is 5.21. The molecule has 9 nitrogen and oxygen atoms in total. The lowest BCUT2D eigenvalue weighted by atomic mass is 9.88. The quantitative estimate of drug-likeness (QED) is 0.505. The van der Waals surface area contributed by atoms with E-state index in [4.69, 9.17) is 4.74 Å². The van der Waals surface area contributed by atoms with Crippen LogP contribution in [0.4, 0.5) is 4.79 Å². The van der Waals surface area contributed by atoms with Crippen LogP contribution in [0.5, 0.6) is 0 Å². The molecule has 0 radical (unpaired) electrons. The molecule has 1 aliphatic rings. The van der Waals surface area contributed by atoms with Crippen molar-refractivity contribution in [2.24, 2.45) is 0 Å². The summed E-state index contributed by atoms with van der Waals surface area (Å²) in [6, 6.07) is 6.24. The Morgan fingerprint density at radius 1 is 1.17 bits per heavy atom. The Bertz CT molecular complexity index is 1030. The van der Waals surface area contributed by atoms with Crippen LogP contribution in [0.25, 0.3) is 10.9 Å². The Hall–Kier alpha value is -3.23. The number of esters is 1. The molecular formula is C21H26N4O5. The van der Waals surface area contributed by atoms with Crippen LogP contribution in [0.2, 0.25) is 0 Å². The number of aromatic amines is 1. The number of aromatic nitrogens is 2. The largest absolute Gasteiger partial charge is 0.453 e. The summed E-state index contributed by atoms with van der Waals surface area (Å²) in [6.07, 6.45) is 1.61. The van der Waals surface area contributed by atoms with E-state index in [-0.39, 0.29) is 11.4 Å². The van der Waals surface area contributed by atoms with Gasteiger partial charge in [0.1, 0.15) is 12.1 Å². The number of hydrogen-bond donors (Lipinski definition) is 2. The van der Waals surface area contributed by atoms with Gasteiger partial charge in [-0.05, 0) is 31.9 Å². The van der Waals surface area contributed by atoms with E-state index in [9.17, 15) is 19.2 Å². The highest BCUT2D eigenvalue weighted by atomic mass is 16.5. The van der Waals surface area contributed by atoms with Crippen molar-refractivity contribution in [3.05, 3.63) is 40.4 Å². The lowest BCUT2D eigenvalue weighted by Crippen LogP contribution is -2.47. The van der Waals surface area contributed by atoms with Gasteiger partial charge >= 0.3 is 12.0 Å². The van der Waals surface area contributed by atoms with E-state index >= 15 is 0 Å². The Morgan fingerprint density at radius 3 is 2.50 bits per heavy atom. The summed E-state index contributed by atoms with van der Waals surface area (Å²) < 4.78 is 5.34. The summed E-state index contributed by atoms with van der Waals surface area (Å²) in [5.74, 6) is -0.973. The highest BCUT2D eigenvalue weighted by Crippen LogP contribution is 2.28. The average molecular weight is 414 g/mol. The van der Waals surface area contributed by atoms with Gasteiger partial charge in [0.15, 0.2) is 11.9 Å². The number of benzene rings is 1. The molecule has 1 saturated heterocycles. The van der Waals surface area contributed by atoms with E-state index in [2.05, 4.69) is 15.3 Å². The van der Waals surface area contributed by atoms with Crippen molar-refractivity contribution < 1.29 is 19.1 Å². The molecule has 1 fully saturated rings. The van der Waals surface area contributed by atoms with E-state index in [0.29, 0.717) is 23.7 Å². The zero-order chi connectivity index (χ0) is 21.9. The predicted octanol–water partition coefficient (Wildman–Crippen LogP) is 2.42. The number of amides is 3. The lowest BCUT2D eigenvalue weighted by molar-refractivity contribution is -0.152. The first-order valence-corrected chi connectivity index (χ1v) is 10.1. The van der Waals surface area contributed by atoms with Gasteiger partial charge in [0.05, 0.1) is 10.9 Å². The van der Waals surface area contributed by atoms with Gasteiger partial charge in [-0.15, -0.1) is 0 Å². The number of para-hydroxylation sites is 1. The van der Waals surface area contributed by atoms with Crippen molar-refractivity contribution in [2.45, 2.75) is 58.1 Å². The maximum Gasteiger partial charge on any atom is 0.326 e. The van der Waals surface area contributed by atoms with E-state index in [0.717, 1.165) is 17.7 Å². The standard InChI is InChI=1S/C21H26N4O5/c1-4-10-21(11-5-2)19(28)25(20(29)24-21)12-16(26)30-13(3)17-22-15-9-7-6-8-14(15)18(27)23-17/h6-9,13H,4-5,10-12H2,1-3H3,(H,24,29)(H,22,23,27)/t13-/m1/s1. The van der Waals surface area contributed by atoms with Crippen molar-refractivity contribution >= 4 is 28.8 Å². The number of carbonyl (C=O) groups is 3. The SMILES string of the molecule is CCCC1(CCC)NC(=O)N(CC(=O)O[C@H](C)c2nc3ccccc3c(=O)[nH]2)C1=O. The van der Waals surface area contributed by atoms with Crippen molar-refractivity contribution in [1.29, 1.82) is 0 Å². The molecule has 9 heteroatoms. The van der Waals surface area contributed by atoms with Gasteiger partial charge < -0.3 is 15.0 Å². The first kappa shape index (κ1) is 21.5. The molecule has 1 aromatic carbocycles. The van der Waals surface area contributed by atoms with Crippen LogP contribution in [0, 0.1) is 0 Å². The third kappa shape index (κ3) is 4.05. The molecule has 3 amide bonds. The first-order chi connectivity index (χ1) is 14.3. The van der Waals surface area contributed by atoms with Gasteiger partial charge in [-0.1, -0.05) is 38.8 Å². The molecule has 0 spiro atoms. The Kier molecular flexibility index (Phi) is 6.19. The van der Waals surface area contributed by atoms with Crippen LogP contribution in [-0.2, 0) is 14.3 Å². The number of imide groups is 1. The monoisotopic (exact) mass is 414 g/mol. The number of nitrogens with one attached hydrogen (secondary N) is 2. The molecule has 2 aromatic rings. The van der Waals surface area contributed by atoms with Gasteiger partial charge in [0.2, 0.25) is 0 Å². The van der Waals surface area contributed by atoms with Crippen LogP contribution >= 0.6 is 0 Å². The molecule has 1 aliphatic heterocycles. The van der Waals surface area contributed by atoms with E-state index < -0.39 is 36.1 Å². The molecular weight excluding hydrogens is 388 g/mol. The maximum absolute atomic E-state index is 12.9. The van der Waals surface area contributed by atoms with Crippen molar-refractivity contribution in [1.82, 2.24) is 20.2 Å². The molecule has 2 N–H and O–H groups in total. The fourth-order valence-electron chi connectivity index (χ4n) is 3.85. The number of urea groups is 1. The number of nitrogens with zero attached hydrogens (tertiary/aromatic N) is 2. The highest BCUT2D eigenvalue weighted by molar-refractivity contribution is 6.08. The summed E-state index contributed by atoms with van der Waals surface area (Å²) in [5, 5.41) is 3.19. The number of ether oxygens (including phenoxy) is 1. The van der Waals surface area contributed by atoms with Gasteiger partial charge in [-0.3, -0.25) is 19.3 Å². The number of hydrogen-bond acceptors (Lipinski definition) is 6. The number of rotatable bonds is 8. The summed E-state index contributed by atoms with van der Waals surface area (Å²) in [5.41, 5.74) is -0.814. The van der Waals surface area contributed by atoms with Gasteiger partial charge in [-0.25, -0.2) is 9.78 Å². The zero-order valence-corrected chi connectivity index (χ0v) is 17.4. The minimum Gasteiger partial charge on any atom is -0.453 e. The van der Waals surface area contributed by atoms with Crippen LogP contribution in [0.3, 0.4) is 0 Å². The molecule has 3 rings (SSSR count). The van der Waals surface area contributed by atoms with Crippen molar-refractivity contribution in [3.8, 4) is 0 Å². The molecule has 30 heavy (non-hydrogen) atoms. The second kappa shape index (κ2) is 8.64. The fourth-order valence-corrected chi connectivity index (χ4v) is 3.85. The number of carbonyl (C=O) groups excluding carboxylic acids is 3. The normalized spacial score (nSPS) is 16.6. The molecule has 2 heterocycles. The number of fused-ring (bicyclic) bond motifs is 1. The summed E-state index contributed by atoms with van der Waals surface area (Å²) in [4.78, 5) is 57.7. The second-order valence-corrected chi connectivity index (χ2v) is 7.50. The Morgan fingerprint density at radius 2 is 1.83 bits per heavy atom. The van der Waals surface area contributed by atoms with Crippen LogP contribution in [0.15, 0.2) is 29.1 Å². The lowest BCUT2D eigenvalue weighted by Gasteiger charge is -2.25. The third-order valence-corrected chi connectivity index (χ3v) is 5.21. The predicted molar refractivity (Wildman–Crippen MR) is 110 cm³/mol. The summed E-state index contributed by atoms with van der Waals surface area (Å²) in [6.45, 7) is 4.94. The highest BCUT2D eigenvalue weighted by Gasteiger charge is 2.50. The fraction of sp³-hybridized carbons (Fsp3) is 0.476. The zero-order valence-electron chi connectivity index (χ0n) is 17.4. The van der Waals surface area contributed by atoms with Gasteiger partial charge in [-0.2, -0.15) is 0 Å². The Labute approximate surface area is 173 Å². The molecule has 0 aliphatic carbocycles. The number of H-pyrrole nitrogens is 1. The summed E-state index contributed by atoms with van der Waals surface area (Å²) in [7, 11) is 0. The summed E-state index contributed by atoms with van der Waals surface area (Å²) >= 11 is 0. The van der Waals surface area contributed by atoms with E-state index in [1.807, 2.05) is 13.8 Å². The Balaban J connectivity index is 1.71. The molecule has 0 unspecified atom stereocenters. The minimum absolute atomic E-state index is 0.190. The van der Waals surface area contributed by atoms with Crippen molar-refractivity contribution in [3.63, 3.8) is 0 Å². The topological polar surface area (TPSA) is 121 Å². The minimum atomic E-state index is -0.961. The van der Waals surface area contributed by atoms with Crippen LogP contribution < -0.4 is 10.9 Å². The first-order valence-electron chi connectivity index (χ1n) is 10.1.